The molecule has 1 saturated heterocycles. The number of nitrogens with zero attached hydrogens (tertiary/aromatic N) is 3. The highest BCUT2D eigenvalue weighted by Crippen LogP contribution is 2.18. The molecule has 0 amide bonds. The van der Waals surface area contributed by atoms with Crippen LogP contribution in [0.25, 0.3) is 0 Å². The van der Waals surface area contributed by atoms with E-state index in [2.05, 4.69) is 20.1 Å². The van der Waals surface area contributed by atoms with Gasteiger partial charge in [0.1, 0.15) is 6.33 Å². The van der Waals surface area contributed by atoms with Crippen LogP contribution in [0.2, 0.25) is 0 Å². The van der Waals surface area contributed by atoms with Crippen LogP contribution in [-0.2, 0) is 4.74 Å². The van der Waals surface area contributed by atoms with Crippen molar-refractivity contribution in [3.63, 3.8) is 0 Å². The molecule has 0 unspecified atom stereocenters. The average Bonchev–Trinajstić information content (AvgIpc) is 2.78. The van der Waals surface area contributed by atoms with Crippen LogP contribution >= 0.6 is 12.4 Å². The minimum Gasteiger partial charge on any atom is -0.463 e. The molecule has 0 radical (unpaired) electrons. The molecule has 90 valence electrons. The Morgan fingerprint density at radius 2 is 2.25 bits per heavy atom. The highest BCUT2D eigenvalue weighted by Gasteiger charge is 2.22. The number of carbonyl (C=O) groups is 1. The Kier molecular flexibility index (Phi) is 4.70. The molecule has 2 heterocycles. The monoisotopic (exact) mass is 246 g/mol. The molecule has 0 aromatic carbocycles. The fourth-order valence-corrected chi connectivity index (χ4v) is 1.81. The summed E-state index contributed by atoms with van der Waals surface area (Å²) >= 11 is 0. The summed E-state index contributed by atoms with van der Waals surface area (Å²) in [6.45, 7) is 1.90. The summed E-state index contributed by atoms with van der Waals surface area (Å²) in [5, 5.41) is 7.35. The Bertz CT molecular complexity index is 349. The number of esters is 1. The van der Waals surface area contributed by atoms with Crippen molar-refractivity contribution in [1.82, 2.24) is 20.1 Å². The summed E-state index contributed by atoms with van der Waals surface area (Å²) in [6.07, 6.45) is 3.33. The molecule has 16 heavy (non-hydrogen) atoms. The van der Waals surface area contributed by atoms with Gasteiger partial charge in [0.2, 0.25) is 5.82 Å². The number of hydrogen-bond acceptors (Lipinski definition) is 5. The second-order valence-electron chi connectivity index (χ2n) is 3.50. The lowest BCUT2D eigenvalue weighted by Crippen LogP contribution is -2.31. The zero-order valence-corrected chi connectivity index (χ0v) is 9.87. The van der Waals surface area contributed by atoms with Crippen LogP contribution in [0.1, 0.15) is 29.5 Å². The van der Waals surface area contributed by atoms with Crippen LogP contribution in [0.5, 0.6) is 0 Å². The van der Waals surface area contributed by atoms with E-state index in [4.69, 9.17) is 0 Å². The van der Waals surface area contributed by atoms with Gasteiger partial charge in [-0.25, -0.2) is 14.5 Å². The van der Waals surface area contributed by atoms with Crippen LogP contribution in [-0.4, -0.2) is 40.9 Å². The molecule has 0 bridgehead atoms. The zero-order chi connectivity index (χ0) is 10.7. The van der Waals surface area contributed by atoms with Crippen LogP contribution in [0.15, 0.2) is 6.33 Å². The van der Waals surface area contributed by atoms with E-state index in [0.717, 1.165) is 25.9 Å². The number of nitrogens with one attached hydrogen (secondary N) is 1. The Hall–Kier alpha value is -1.14. The summed E-state index contributed by atoms with van der Waals surface area (Å²) in [7, 11) is 1.35. The number of ether oxygens (including phenoxy) is 1. The number of carbonyl (C=O) groups excluding carboxylic acids is 1. The molecule has 0 spiro atoms. The Balaban J connectivity index is 0.00000128. The predicted molar refractivity (Wildman–Crippen MR) is 59.8 cm³/mol. The number of halogens is 1. The quantitative estimate of drug-likeness (QED) is 0.766. The SMILES string of the molecule is COC(=O)c1ncnn1C1CCNCC1.Cl. The summed E-state index contributed by atoms with van der Waals surface area (Å²) in [5.74, 6) is -0.129. The van der Waals surface area contributed by atoms with Gasteiger partial charge < -0.3 is 10.1 Å². The summed E-state index contributed by atoms with van der Waals surface area (Å²) in [6, 6.07) is 0.253. The first-order valence-electron chi connectivity index (χ1n) is 5.01. The van der Waals surface area contributed by atoms with Gasteiger partial charge in [-0.3, -0.25) is 0 Å². The van der Waals surface area contributed by atoms with Crippen molar-refractivity contribution in [1.29, 1.82) is 0 Å². The Labute approximate surface area is 99.8 Å². The van der Waals surface area contributed by atoms with Crippen molar-refractivity contribution in [3.05, 3.63) is 12.2 Å². The second kappa shape index (κ2) is 5.81. The van der Waals surface area contributed by atoms with E-state index in [-0.39, 0.29) is 18.4 Å². The molecular formula is C9H15ClN4O2. The summed E-state index contributed by atoms with van der Waals surface area (Å²) < 4.78 is 6.32. The number of methoxy groups -OCH3 is 1. The number of piperidine rings is 1. The van der Waals surface area contributed by atoms with Crippen molar-refractivity contribution in [2.24, 2.45) is 0 Å². The number of aromatic nitrogens is 3. The Morgan fingerprint density at radius 1 is 1.56 bits per heavy atom. The molecule has 2 rings (SSSR count). The smallest absolute Gasteiger partial charge is 0.375 e. The van der Waals surface area contributed by atoms with Gasteiger partial charge >= 0.3 is 5.97 Å². The lowest BCUT2D eigenvalue weighted by molar-refractivity contribution is 0.0574. The summed E-state index contributed by atoms with van der Waals surface area (Å²) in [4.78, 5) is 15.3. The first-order chi connectivity index (χ1) is 7.33. The number of rotatable bonds is 2. The van der Waals surface area contributed by atoms with E-state index in [0.29, 0.717) is 5.82 Å². The first-order valence-corrected chi connectivity index (χ1v) is 5.01. The van der Waals surface area contributed by atoms with Crippen molar-refractivity contribution in [3.8, 4) is 0 Å². The van der Waals surface area contributed by atoms with Crippen molar-refractivity contribution in [2.45, 2.75) is 18.9 Å². The van der Waals surface area contributed by atoms with Crippen molar-refractivity contribution < 1.29 is 9.53 Å². The third kappa shape index (κ3) is 2.51. The third-order valence-electron chi connectivity index (χ3n) is 2.60. The maximum atomic E-state index is 11.4. The molecule has 1 aliphatic heterocycles. The minimum atomic E-state index is -0.425. The van der Waals surface area contributed by atoms with E-state index in [9.17, 15) is 4.79 Å². The first kappa shape index (κ1) is 12.9. The van der Waals surface area contributed by atoms with Crippen LogP contribution < -0.4 is 5.32 Å². The molecule has 1 fully saturated rings. The average molecular weight is 247 g/mol. The topological polar surface area (TPSA) is 69.0 Å². The van der Waals surface area contributed by atoms with E-state index in [1.807, 2.05) is 0 Å². The zero-order valence-electron chi connectivity index (χ0n) is 9.05. The van der Waals surface area contributed by atoms with Crippen LogP contribution in [0, 0.1) is 0 Å². The highest BCUT2D eigenvalue weighted by molar-refractivity contribution is 5.85. The second-order valence-corrected chi connectivity index (χ2v) is 3.50. The van der Waals surface area contributed by atoms with Crippen LogP contribution in [0.3, 0.4) is 0 Å². The molecular weight excluding hydrogens is 232 g/mol. The predicted octanol–water partition coefficient (Wildman–Crippen LogP) is 0.411. The van der Waals surface area contributed by atoms with Gasteiger partial charge in [-0.2, -0.15) is 5.10 Å². The fourth-order valence-electron chi connectivity index (χ4n) is 1.81. The molecule has 0 aliphatic carbocycles. The molecule has 0 saturated carbocycles. The van der Waals surface area contributed by atoms with E-state index in [1.165, 1.54) is 13.4 Å². The molecule has 0 atom stereocenters. The lowest BCUT2D eigenvalue weighted by Gasteiger charge is -2.23. The molecule has 7 heteroatoms. The molecule has 1 N–H and O–H groups in total. The maximum Gasteiger partial charge on any atom is 0.375 e. The lowest BCUT2D eigenvalue weighted by atomic mass is 10.1. The fraction of sp³-hybridized carbons (Fsp3) is 0.667. The molecule has 1 aromatic rings. The molecule has 1 aliphatic rings. The van der Waals surface area contributed by atoms with E-state index < -0.39 is 5.97 Å². The molecule has 1 aromatic heterocycles. The van der Waals surface area contributed by atoms with Crippen molar-refractivity contribution >= 4 is 18.4 Å². The Morgan fingerprint density at radius 3 is 2.88 bits per heavy atom. The van der Waals surface area contributed by atoms with Gasteiger partial charge in [0.25, 0.3) is 0 Å². The molecule has 6 nitrogen and oxygen atoms in total. The van der Waals surface area contributed by atoms with Gasteiger partial charge in [-0.15, -0.1) is 12.4 Å². The van der Waals surface area contributed by atoms with Gasteiger partial charge in [-0.05, 0) is 25.9 Å². The van der Waals surface area contributed by atoms with E-state index in [1.54, 1.807) is 4.68 Å². The standard InChI is InChI=1S/C9H14N4O2.ClH/c1-15-9(14)8-11-6-12-13(8)7-2-4-10-5-3-7;/h6-7,10H,2-5H2,1H3;1H. The normalized spacial score (nSPS) is 16.6. The minimum absolute atomic E-state index is 0. The number of hydrogen-bond donors (Lipinski definition) is 1. The van der Waals surface area contributed by atoms with Gasteiger partial charge in [-0.1, -0.05) is 0 Å². The van der Waals surface area contributed by atoms with Gasteiger partial charge in [0.15, 0.2) is 0 Å². The third-order valence-corrected chi connectivity index (χ3v) is 2.60. The van der Waals surface area contributed by atoms with E-state index >= 15 is 0 Å². The largest absolute Gasteiger partial charge is 0.463 e. The van der Waals surface area contributed by atoms with Gasteiger partial charge in [0, 0.05) is 0 Å². The summed E-state index contributed by atoms with van der Waals surface area (Å²) in [5.41, 5.74) is 0. The van der Waals surface area contributed by atoms with Crippen LogP contribution in [0.4, 0.5) is 0 Å². The van der Waals surface area contributed by atoms with Gasteiger partial charge in [0.05, 0.1) is 13.2 Å². The highest BCUT2D eigenvalue weighted by atomic mass is 35.5. The maximum absolute atomic E-state index is 11.4. The van der Waals surface area contributed by atoms with Crippen molar-refractivity contribution in [2.75, 3.05) is 20.2 Å².